The van der Waals surface area contributed by atoms with Crippen LogP contribution in [0.4, 0.5) is 0 Å². The van der Waals surface area contributed by atoms with Gasteiger partial charge in [-0.05, 0) is 30.0 Å². The van der Waals surface area contributed by atoms with Gasteiger partial charge in [0.15, 0.2) is 11.5 Å². The SMILES string of the molecule is CN1C(=O)C(COCc2ccc(O)cc2)(CC2CCCCC2)N=C1N. The van der Waals surface area contributed by atoms with Crippen molar-refractivity contribution in [3.8, 4) is 5.75 Å². The summed E-state index contributed by atoms with van der Waals surface area (Å²) in [6, 6.07) is 6.87. The fraction of sp³-hybridized carbons (Fsp3) is 0.579. The Hall–Kier alpha value is -2.08. The van der Waals surface area contributed by atoms with E-state index in [1.807, 2.05) is 12.1 Å². The van der Waals surface area contributed by atoms with Gasteiger partial charge in [-0.15, -0.1) is 0 Å². The third-order valence-electron chi connectivity index (χ3n) is 5.27. The molecule has 6 nitrogen and oxygen atoms in total. The van der Waals surface area contributed by atoms with Crippen molar-refractivity contribution in [1.29, 1.82) is 0 Å². The minimum atomic E-state index is -0.891. The minimum Gasteiger partial charge on any atom is -0.508 e. The number of phenols is 1. The highest BCUT2D eigenvalue weighted by molar-refractivity contribution is 6.06. The van der Waals surface area contributed by atoms with Crippen molar-refractivity contribution in [2.45, 2.75) is 50.7 Å². The van der Waals surface area contributed by atoms with Crippen LogP contribution in [0.5, 0.6) is 5.75 Å². The number of hydrogen-bond acceptors (Lipinski definition) is 5. The zero-order valence-corrected chi connectivity index (χ0v) is 14.8. The number of rotatable bonds is 6. The van der Waals surface area contributed by atoms with E-state index in [2.05, 4.69) is 4.99 Å². The van der Waals surface area contributed by atoms with Gasteiger partial charge in [0.05, 0.1) is 13.2 Å². The zero-order chi connectivity index (χ0) is 17.9. The van der Waals surface area contributed by atoms with Crippen molar-refractivity contribution < 1.29 is 14.6 Å². The molecule has 1 fully saturated rings. The second-order valence-electron chi connectivity index (χ2n) is 7.23. The van der Waals surface area contributed by atoms with E-state index in [4.69, 9.17) is 10.5 Å². The largest absolute Gasteiger partial charge is 0.508 e. The Labute approximate surface area is 148 Å². The van der Waals surface area contributed by atoms with Gasteiger partial charge in [0, 0.05) is 7.05 Å². The molecule has 1 atom stereocenters. The van der Waals surface area contributed by atoms with E-state index >= 15 is 0 Å². The number of aliphatic imine (C=N–C) groups is 1. The fourth-order valence-corrected chi connectivity index (χ4v) is 3.84. The van der Waals surface area contributed by atoms with Crippen molar-refractivity contribution >= 4 is 11.9 Å². The third kappa shape index (κ3) is 3.95. The quantitative estimate of drug-likeness (QED) is 0.829. The molecule has 1 unspecified atom stereocenters. The van der Waals surface area contributed by atoms with E-state index in [0.717, 1.165) is 18.4 Å². The van der Waals surface area contributed by atoms with Gasteiger partial charge in [0.25, 0.3) is 5.91 Å². The van der Waals surface area contributed by atoms with Crippen LogP contribution in [0.3, 0.4) is 0 Å². The number of nitrogens with two attached hydrogens (primary N) is 1. The molecule has 25 heavy (non-hydrogen) atoms. The highest BCUT2D eigenvalue weighted by atomic mass is 16.5. The van der Waals surface area contributed by atoms with Gasteiger partial charge < -0.3 is 15.6 Å². The molecule has 3 N–H and O–H groups in total. The standard InChI is InChI=1S/C19H27N3O3/c1-22-17(24)19(21-18(22)20,11-14-5-3-2-4-6-14)13-25-12-15-7-9-16(23)10-8-15/h7-10,14,23H,2-6,11-13H2,1H3,(H2,20,21). The van der Waals surface area contributed by atoms with Crippen LogP contribution in [-0.4, -0.2) is 41.1 Å². The average molecular weight is 345 g/mol. The van der Waals surface area contributed by atoms with E-state index in [-0.39, 0.29) is 24.2 Å². The summed E-state index contributed by atoms with van der Waals surface area (Å²) in [6.45, 7) is 0.605. The summed E-state index contributed by atoms with van der Waals surface area (Å²) in [7, 11) is 1.67. The molecule has 0 saturated heterocycles. The van der Waals surface area contributed by atoms with Crippen LogP contribution in [0.15, 0.2) is 29.3 Å². The van der Waals surface area contributed by atoms with Gasteiger partial charge in [-0.25, -0.2) is 4.99 Å². The minimum absolute atomic E-state index is 0.0683. The number of hydrogen-bond donors (Lipinski definition) is 2. The average Bonchev–Trinajstić information content (AvgIpc) is 2.82. The van der Waals surface area contributed by atoms with Gasteiger partial charge >= 0.3 is 0 Å². The topological polar surface area (TPSA) is 88.2 Å². The number of guanidine groups is 1. The van der Waals surface area contributed by atoms with Gasteiger partial charge in [-0.3, -0.25) is 9.69 Å². The van der Waals surface area contributed by atoms with E-state index in [1.165, 1.54) is 24.2 Å². The molecule has 1 heterocycles. The molecule has 2 aliphatic rings. The maximum atomic E-state index is 12.8. The number of likely N-dealkylation sites (N-methyl/N-ethyl adjacent to an activating group) is 1. The van der Waals surface area contributed by atoms with E-state index in [1.54, 1.807) is 19.2 Å². The highest BCUT2D eigenvalue weighted by Gasteiger charge is 2.48. The summed E-state index contributed by atoms with van der Waals surface area (Å²) < 4.78 is 5.86. The highest BCUT2D eigenvalue weighted by Crippen LogP contribution is 2.35. The first-order valence-electron chi connectivity index (χ1n) is 8.99. The number of ether oxygens (including phenoxy) is 1. The predicted octanol–water partition coefficient (Wildman–Crippen LogP) is 2.40. The van der Waals surface area contributed by atoms with Gasteiger partial charge in [0.2, 0.25) is 0 Å². The molecule has 0 bridgehead atoms. The Kier molecular flexibility index (Phi) is 5.27. The van der Waals surface area contributed by atoms with Gasteiger partial charge in [0.1, 0.15) is 5.75 Å². The number of phenolic OH excluding ortho intramolecular Hbond substituents is 1. The van der Waals surface area contributed by atoms with Crippen LogP contribution in [0.2, 0.25) is 0 Å². The number of carbonyl (C=O) groups excluding carboxylic acids is 1. The molecule has 3 rings (SSSR count). The van der Waals surface area contributed by atoms with Crippen molar-refractivity contribution in [2.24, 2.45) is 16.6 Å². The summed E-state index contributed by atoms with van der Waals surface area (Å²) in [5.41, 5.74) is 5.98. The van der Waals surface area contributed by atoms with Crippen molar-refractivity contribution in [3.63, 3.8) is 0 Å². The molecule has 1 aromatic carbocycles. The molecule has 6 heteroatoms. The Bertz CT molecular complexity index is 638. The first-order chi connectivity index (χ1) is 12.0. The van der Waals surface area contributed by atoms with Crippen LogP contribution < -0.4 is 5.73 Å². The van der Waals surface area contributed by atoms with Crippen LogP contribution in [0.1, 0.15) is 44.1 Å². The molecule has 1 amide bonds. The van der Waals surface area contributed by atoms with Crippen LogP contribution in [-0.2, 0) is 16.1 Å². The van der Waals surface area contributed by atoms with E-state index < -0.39 is 5.54 Å². The van der Waals surface area contributed by atoms with Crippen molar-refractivity contribution in [3.05, 3.63) is 29.8 Å². The Morgan fingerprint density at radius 2 is 1.96 bits per heavy atom. The summed E-state index contributed by atoms with van der Waals surface area (Å²) in [5, 5.41) is 9.35. The van der Waals surface area contributed by atoms with Crippen LogP contribution in [0.25, 0.3) is 0 Å². The summed E-state index contributed by atoms with van der Waals surface area (Å²) in [6.07, 6.45) is 6.71. The van der Waals surface area contributed by atoms with Crippen LogP contribution >= 0.6 is 0 Å². The lowest BCUT2D eigenvalue weighted by Gasteiger charge is -2.31. The number of benzene rings is 1. The first kappa shape index (κ1) is 17.7. The fourth-order valence-electron chi connectivity index (χ4n) is 3.84. The Morgan fingerprint density at radius 3 is 2.56 bits per heavy atom. The van der Waals surface area contributed by atoms with Crippen molar-refractivity contribution in [2.75, 3.05) is 13.7 Å². The number of nitrogens with zero attached hydrogens (tertiary/aromatic N) is 2. The molecule has 1 aromatic rings. The third-order valence-corrected chi connectivity index (χ3v) is 5.27. The first-order valence-corrected chi connectivity index (χ1v) is 8.99. The van der Waals surface area contributed by atoms with E-state index in [0.29, 0.717) is 18.9 Å². The summed E-state index contributed by atoms with van der Waals surface area (Å²) in [5.74, 6) is 0.927. The molecular weight excluding hydrogens is 318 g/mol. The maximum absolute atomic E-state index is 12.8. The van der Waals surface area contributed by atoms with E-state index in [9.17, 15) is 9.90 Å². The normalized spacial score (nSPS) is 24.6. The summed E-state index contributed by atoms with van der Waals surface area (Å²) >= 11 is 0. The second kappa shape index (κ2) is 7.44. The predicted molar refractivity (Wildman–Crippen MR) is 96.1 cm³/mol. The smallest absolute Gasteiger partial charge is 0.259 e. The number of amides is 1. The second-order valence-corrected chi connectivity index (χ2v) is 7.23. The maximum Gasteiger partial charge on any atom is 0.259 e. The molecule has 1 aliphatic carbocycles. The molecule has 0 spiro atoms. The molecule has 0 radical (unpaired) electrons. The lowest BCUT2D eigenvalue weighted by atomic mass is 9.79. The van der Waals surface area contributed by atoms with Gasteiger partial charge in [-0.2, -0.15) is 0 Å². The van der Waals surface area contributed by atoms with Crippen molar-refractivity contribution in [1.82, 2.24) is 4.90 Å². The molecule has 1 aliphatic heterocycles. The number of carbonyl (C=O) groups is 1. The molecular formula is C19H27N3O3. The van der Waals surface area contributed by atoms with Gasteiger partial charge in [-0.1, -0.05) is 44.2 Å². The molecule has 1 saturated carbocycles. The lowest BCUT2D eigenvalue weighted by molar-refractivity contribution is -0.133. The molecule has 136 valence electrons. The Balaban J connectivity index is 1.68. The zero-order valence-electron chi connectivity index (χ0n) is 14.8. The monoisotopic (exact) mass is 345 g/mol. The molecule has 0 aromatic heterocycles. The number of aromatic hydroxyl groups is 1. The lowest BCUT2D eigenvalue weighted by Crippen LogP contribution is -2.46. The summed E-state index contributed by atoms with van der Waals surface area (Å²) in [4.78, 5) is 18.8. The van der Waals surface area contributed by atoms with Crippen LogP contribution in [0, 0.1) is 5.92 Å². The Morgan fingerprint density at radius 1 is 1.28 bits per heavy atom.